The first kappa shape index (κ1) is 20.1. The molecular formula is C23H27N5O2. The van der Waals surface area contributed by atoms with Gasteiger partial charge in [-0.2, -0.15) is 0 Å². The number of aromatic nitrogens is 2. The summed E-state index contributed by atoms with van der Waals surface area (Å²) < 4.78 is 5.55. The topological polar surface area (TPSA) is 74.5 Å². The van der Waals surface area contributed by atoms with Gasteiger partial charge < -0.3 is 14.6 Å². The van der Waals surface area contributed by atoms with Crippen LogP contribution in [-0.4, -0.2) is 47.0 Å². The largest absolute Gasteiger partial charge is 0.447 e. The average molecular weight is 406 g/mol. The lowest BCUT2D eigenvalue weighted by atomic mass is 10.1. The van der Waals surface area contributed by atoms with Crippen LogP contribution in [0.4, 0.5) is 5.69 Å². The van der Waals surface area contributed by atoms with Gasteiger partial charge in [-0.1, -0.05) is 12.1 Å². The van der Waals surface area contributed by atoms with E-state index in [1.54, 1.807) is 12.4 Å². The molecule has 0 unspecified atom stereocenters. The van der Waals surface area contributed by atoms with E-state index >= 15 is 0 Å². The van der Waals surface area contributed by atoms with Gasteiger partial charge in [-0.3, -0.25) is 14.7 Å². The Morgan fingerprint density at radius 2 is 1.87 bits per heavy atom. The fourth-order valence-corrected chi connectivity index (χ4v) is 3.68. The van der Waals surface area contributed by atoms with Crippen molar-refractivity contribution < 1.29 is 9.21 Å². The molecule has 1 aromatic carbocycles. The molecule has 30 heavy (non-hydrogen) atoms. The van der Waals surface area contributed by atoms with E-state index in [4.69, 9.17) is 4.42 Å². The molecule has 156 valence electrons. The number of hydrogen-bond donors (Lipinski definition) is 1. The second kappa shape index (κ2) is 9.09. The molecule has 1 aliphatic heterocycles. The number of carbonyl (C=O) groups excluding carboxylic acids is 1. The summed E-state index contributed by atoms with van der Waals surface area (Å²) >= 11 is 0. The highest BCUT2D eigenvalue weighted by molar-refractivity contribution is 5.91. The molecule has 0 saturated carbocycles. The molecule has 0 aliphatic carbocycles. The molecule has 3 heterocycles. The van der Waals surface area contributed by atoms with Crippen LogP contribution in [0, 0.1) is 13.8 Å². The number of piperazine rings is 1. The van der Waals surface area contributed by atoms with Gasteiger partial charge in [-0.25, -0.2) is 4.98 Å². The first-order valence-corrected chi connectivity index (χ1v) is 10.2. The van der Waals surface area contributed by atoms with E-state index in [-0.39, 0.29) is 5.91 Å². The molecule has 0 bridgehead atoms. The Morgan fingerprint density at radius 3 is 2.63 bits per heavy atom. The van der Waals surface area contributed by atoms with Gasteiger partial charge in [-0.15, -0.1) is 0 Å². The quantitative estimate of drug-likeness (QED) is 0.680. The van der Waals surface area contributed by atoms with Gasteiger partial charge in [0, 0.05) is 50.8 Å². The molecule has 1 amide bonds. The van der Waals surface area contributed by atoms with E-state index in [9.17, 15) is 4.79 Å². The van der Waals surface area contributed by atoms with Crippen LogP contribution < -0.4 is 10.2 Å². The molecule has 0 spiro atoms. The fraction of sp³-hybridized carbons (Fsp3) is 0.348. The van der Waals surface area contributed by atoms with Gasteiger partial charge in [0.15, 0.2) is 5.69 Å². The summed E-state index contributed by atoms with van der Waals surface area (Å²) in [6.45, 7) is 9.17. The number of hydrogen-bond acceptors (Lipinski definition) is 6. The minimum Gasteiger partial charge on any atom is -0.447 e. The summed E-state index contributed by atoms with van der Waals surface area (Å²) in [6, 6.07) is 10.2. The van der Waals surface area contributed by atoms with Crippen LogP contribution in [0.1, 0.15) is 33.1 Å². The standard InChI is InChI=1S/C23H27N5O2/c1-17-4-3-5-21(18(17)2)28-12-10-27(11-13-28)15-22-26-20(16-30-22)23(29)25-14-19-6-8-24-9-7-19/h3-9,16H,10-15H2,1-2H3,(H,25,29). The highest BCUT2D eigenvalue weighted by Gasteiger charge is 2.21. The number of nitrogens with one attached hydrogen (secondary N) is 1. The molecule has 3 aromatic rings. The molecule has 0 atom stereocenters. The number of aryl methyl sites for hydroxylation is 1. The van der Waals surface area contributed by atoms with E-state index in [0.29, 0.717) is 24.7 Å². The minimum absolute atomic E-state index is 0.235. The maximum Gasteiger partial charge on any atom is 0.273 e. The number of amides is 1. The molecule has 0 radical (unpaired) electrons. The van der Waals surface area contributed by atoms with Crippen molar-refractivity contribution >= 4 is 11.6 Å². The third-order valence-corrected chi connectivity index (χ3v) is 5.63. The van der Waals surface area contributed by atoms with Gasteiger partial charge in [0.2, 0.25) is 5.89 Å². The zero-order valence-corrected chi connectivity index (χ0v) is 17.5. The van der Waals surface area contributed by atoms with E-state index in [2.05, 4.69) is 57.1 Å². The number of pyridine rings is 1. The van der Waals surface area contributed by atoms with Gasteiger partial charge in [0.1, 0.15) is 6.26 Å². The third kappa shape index (κ3) is 4.68. The summed E-state index contributed by atoms with van der Waals surface area (Å²) in [5.41, 5.74) is 5.29. The van der Waals surface area contributed by atoms with Crippen molar-refractivity contribution in [2.75, 3.05) is 31.1 Å². The van der Waals surface area contributed by atoms with Crippen molar-refractivity contribution in [2.24, 2.45) is 0 Å². The minimum atomic E-state index is -0.235. The second-order valence-corrected chi connectivity index (χ2v) is 7.65. The van der Waals surface area contributed by atoms with Crippen molar-refractivity contribution in [3.05, 3.63) is 77.3 Å². The number of carbonyl (C=O) groups is 1. The highest BCUT2D eigenvalue weighted by atomic mass is 16.3. The first-order valence-electron chi connectivity index (χ1n) is 10.2. The molecule has 1 aliphatic rings. The molecule has 4 rings (SSSR count). The zero-order valence-electron chi connectivity index (χ0n) is 17.5. The van der Waals surface area contributed by atoms with Crippen LogP contribution in [0.25, 0.3) is 0 Å². The Hall–Kier alpha value is -3.19. The van der Waals surface area contributed by atoms with Gasteiger partial charge in [0.25, 0.3) is 5.91 Å². The van der Waals surface area contributed by atoms with Crippen LogP contribution in [0.5, 0.6) is 0 Å². The maximum absolute atomic E-state index is 12.3. The molecule has 1 fully saturated rings. The predicted octanol–water partition coefficient (Wildman–Crippen LogP) is 2.94. The number of nitrogens with zero attached hydrogens (tertiary/aromatic N) is 4. The normalized spacial score (nSPS) is 14.7. The third-order valence-electron chi connectivity index (χ3n) is 5.63. The molecule has 2 aromatic heterocycles. The lowest BCUT2D eigenvalue weighted by Gasteiger charge is -2.36. The monoisotopic (exact) mass is 405 g/mol. The number of oxazole rings is 1. The van der Waals surface area contributed by atoms with Crippen LogP contribution in [0.15, 0.2) is 53.4 Å². The lowest BCUT2D eigenvalue weighted by Crippen LogP contribution is -2.46. The lowest BCUT2D eigenvalue weighted by molar-refractivity contribution is 0.0945. The van der Waals surface area contributed by atoms with Gasteiger partial charge >= 0.3 is 0 Å². The maximum atomic E-state index is 12.3. The van der Waals surface area contributed by atoms with Crippen LogP contribution in [-0.2, 0) is 13.1 Å². The van der Waals surface area contributed by atoms with Gasteiger partial charge in [-0.05, 0) is 48.7 Å². The molecule has 7 heteroatoms. The molecular weight excluding hydrogens is 378 g/mol. The summed E-state index contributed by atoms with van der Waals surface area (Å²) in [5, 5.41) is 2.86. The number of benzene rings is 1. The Labute approximate surface area is 176 Å². The van der Waals surface area contributed by atoms with Crippen LogP contribution >= 0.6 is 0 Å². The average Bonchev–Trinajstić information content (AvgIpc) is 3.24. The van der Waals surface area contributed by atoms with Crippen molar-refractivity contribution in [2.45, 2.75) is 26.9 Å². The Kier molecular flexibility index (Phi) is 6.09. The van der Waals surface area contributed by atoms with Crippen molar-refractivity contribution in [1.82, 2.24) is 20.2 Å². The van der Waals surface area contributed by atoms with E-state index in [1.807, 2.05) is 12.1 Å². The molecule has 1 saturated heterocycles. The molecule has 1 N–H and O–H groups in total. The first-order chi connectivity index (χ1) is 14.6. The summed E-state index contributed by atoms with van der Waals surface area (Å²) in [5.74, 6) is 0.339. The van der Waals surface area contributed by atoms with Crippen molar-refractivity contribution in [3.8, 4) is 0 Å². The summed E-state index contributed by atoms with van der Waals surface area (Å²) in [7, 11) is 0. The Morgan fingerprint density at radius 1 is 1.10 bits per heavy atom. The highest BCUT2D eigenvalue weighted by Crippen LogP contribution is 2.24. The molecule has 7 nitrogen and oxygen atoms in total. The Balaban J connectivity index is 1.28. The van der Waals surface area contributed by atoms with Crippen molar-refractivity contribution in [1.29, 1.82) is 0 Å². The predicted molar refractivity (Wildman–Crippen MR) is 115 cm³/mol. The fourth-order valence-electron chi connectivity index (χ4n) is 3.68. The van der Waals surface area contributed by atoms with Crippen molar-refractivity contribution in [3.63, 3.8) is 0 Å². The zero-order chi connectivity index (χ0) is 20.9. The summed E-state index contributed by atoms with van der Waals surface area (Å²) in [4.78, 5) is 25.4. The van der Waals surface area contributed by atoms with Crippen LogP contribution in [0.3, 0.4) is 0 Å². The van der Waals surface area contributed by atoms with E-state index < -0.39 is 0 Å². The van der Waals surface area contributed by atoms with Gasteiger partial charge in [0.05, 0.1) is 6.54 Å². The van der Waals surface area contributed by atoms with E-state index in [0.717, 1.165) is 31.7 Å². The SMILES string of the molecule is Cc1cccc(N2CCN(Cc3nc(C(=O)NCc4ccncc4)co3)CC2)c1C. The summed E-state index contributed by atoms with van der Waals surface area (Å²) in [6.07, 6.45) is 4.84. The van der Waals surface area contributed by atoms with E-state index in [1.165, 1.54) is 23.1 Å². The number of anilines is 1. The van der Waals surface area contributed by atoms with Crippen LogP contribution in [0.2, 0.25) is 0 Å². The number of rotatable bonds is 6. The second-order valence-electron chi connectivity index (χ2n) is 7.65. The Bertz CT molecular complexity index is 994. The smallest absolute Gasteiger partial charge is 0.273 e.